The summed E-state index contributed by atoms with van der Waals surface area (Å²) in [6.45, 7) is 11.6. The third-order valence-corrected chi connectivity index (χ3v) is 4.87. The van der Waals surface area contributed by atoms with Crippen LogP contribution < -0.4 is 5.32 Å². The van der Waals surface area contributed by atoms with Crippen LogP contribution in [0.5, 0.6) is 0 Å². The van der Waals surface area contributed by atoms with E-state index in [0.717, 1.165) is 18.4 Å². The summed E-state index contributed by atoms with van der Waals surface area (Å²) >= 11 is 0. The first-order valence-corrected chi connectivity index (χ1v) is 8.14. The molecule has 1 heterocycles. The molecule has 0 spiro atoms. The summed E-state index contributed by atoms with van der Waals surface area (Å²) in [6, 6.07) is 0.518. The van der Waals surface area contributed by atoms with Crippen molar-refractivity contribution in [2.24, 2.45) is 17.3 Å². The zero-order valence-corrected chi connectivity index (χ0v) is 13.6. The molecule has 0 saturated heterocycles. The molecule has 1 N–H and O–H groups in total. The SMILES string of the molecule is CC(Cn1ccnc1)NCC1CCC(C(C)(C)C)CC1. The fraction of sp³-hybridized carbons (Fsp3) is 0.824. The van der Waals surface area contributed by atoms with Gasteiger partial charge in [-0.2, -0.15) is 0 Å². The molecule has 20 heavy (non-hydrogen) atoms. The maximum absolute atomic E-state index is 4.09. The number of aromatic nitrogens is 2. The summed E-state index contributed by atoms with van der Waals surface area (Å²) in [5, 5.41) is 3.70. The topological polar surface area (TPSA) is 29.9 Å². The van der Waals surface area contributed by atoms with E-state index in [1.54, 1.807) is 0 Å². The number of imidazole rings is 1. The predicted molar refractivity (Wildman–Crippen MR) is 84.6 cm³/mol. The number of nitrogens with one attached hydrogen (secondary N) is 1. The Kier molecular flexibility index (Phi) is 5.25. The predicted octanol–water partition coefficient (Wildman–Crippen LogP) is 3.71. The lowest BCUT2D eigenvalue weighted by atomic mass is 9.70. The Labute approximate surface area is 124 Å². The van der Waals surface area contributed by atoms with Gasteiger partial charge >= 0.3 is 0 Å². The van der Waals surface area contributed by atoms with Crippen molar-refractivity contribution in [3.05, 3.63) is 18.7 Å². The van der Waals surface area contributed by atoms with E-state index < -0.39 is 0 Å². The standard InChI is InChI=1S/C17H31N3/c1-14(12-20-10-9-18-13-20)19-11-15-5-7-16(8-6-15)17(2,3)4/h9-10,13-16,19H,5-8,11-12H2,1-4H3. The van der Waals surface area contributed by atoms with Gasteiger partial charge in [0.1, 0.15) is 0 Å². The van der Waals surface area contributed by atoms with Gasteiger partial charge in [-0.15, -0.1) is 0 Å². The van der Waals surface area contributed by atoms with Crippen LogP contribution in [0.4, 0.5) is 0 Å². The first-order chi connectivity index (χ1) is 9.45. The van der Waals surface area contributed by atoms with Crippen molar-refractivity contribution in [1.82, 2.24) is 14.9 Å². The van der Waals surface area contributed by atoms with Crippen molar-refractivity contribution in [3.63, 3.8) is 0 Å². The van der Waals surface area contributed by atoms with Crippen LogP contribution in [-0.4, -0.2) is 22.1 Å². The monoisotopic (exact) mass is 277 g/mol. The molecular weight excluding hydrogens is 246 g/mol. The molecule has 2 rings (SSSR count). The fourth-order valence-corrected chi connectivity index (χ4v) is 3.38. The van der Waals surface area contributed by atoms with Gasteiger partial charge in [0.2, 0.25) is 0 Å². The van der Waals surface area contributed by atoms with E-state index in [1.807, 2.05) is 18.7 Å². The highest BCUT2D eigenvalue weighted by molar-refractivity contribution is 4.82. The van der Waals surface area contributed by atoms with Gasteiger partial charge in [-0.05, 0) is 56.4 Å². The van der Waals surface area contributed by atoms with E-state index in [2.05, 4.69) is 42.6 Å². The Balaban J connectivity index is 1.66. The van der Waals surface area contributed by atoms with Crippen molar-refractivity contribution >= 4 is 0 Å². The van der Waals surface area contributed by atoms with Gasteiger partial charge in [-0.25, -0.2) is 4.98 Å². The molecule has 3 heteroatoms. The van der Waals surface area contributed by atoms with Crippen molar-refractivity contribution in [2.45, 2.75) is 66.0 Å². The largest absolute Gasteiger partial charge is 0.336 e. The summed E-state index contributed by atoms with van der Waals surface area (Å²) in [6.07, 6.45) is 11.4. The molecule has 1 unspecified atom stereocenters. The van der Waals surface area contributed by atoms with Crippen molar-refractivity contribution in [3.8, 4) is 0 Å². The van der Waals surface area contributed by atoms with E-state index in [-0.39, 0.29) is 0 Å². The molecule has 1 aliphatic rings. The Morgan fingerprint density at radius 2 is 1.95 bits per heavy atom. The molecule has 0 bridgehead atoms. The van der Waals surface area contributed by atoms with E-state index in [9.17, 15) is 0 Å². The van der Waals surface area contributed by atoms with Crippen LogP contribution >= 0.6 is 0 Å². The molecule has 0 amide bonds. The summed E-state index contributed by atoms with van der Waals surface area (Å²) in [5.41, 5.74) is 0.493. The Morgan fingerprint density at radius 3 is 2.50 bits per heavy atom. The Hall–Kier alpha value is -0.830. The smallest absolute Gasteiger partial charge is 0.0946 e. The zero-order valence-electron chi connectivity index (χ0n) is 13.6. The first-order valence-electron chi connectivity index (χ1n) is 8.14. The maximum Gasteiger partial charge on any atom is 0.0946 e. The maximum atomic E-state index is 4.09. The van der Waals surface area contributed by atoms with E-state index in [0.29, 0.717) is 11.5 Å². The molecule has 1 aromatic heterocycles. The lowest BCUT2D eigenvalue weighted by molar-refractivity contribution is 0.147. The van der Waals surface area contributed by atoms with Crippen LogP contribution in [0.2, 0.25) is 0 Å². The molecule has 1 saturated carbocycles. The van der Waals surface area contributed by atoms with Crippen LogP contribution in [0.3, 0.4) is 0 Å². The highest BCUT2D eigenvalue weighted by Gasteiger charge is 2.29. The van der Waals surface area contributed by atoms with Crippen LogP contribution in [0.25, 0.3) is 0 Å². The highest BCUT2D eigenvalue weighted by atomic mass is 15.1. The van der Waals surface area contributed by atoms with E-state index in [4.69, 9.17) is 0 Å². The minimum atomic E-state index is 0.493. The molecule has 1 fully saturated rings. The van der Waals surface area contributed by atoms with Crippen molar-refractivity contribution in [2.75, 3.05) is 6.54 Å². The normalized spacial score (nSPS) is 25.6. The average molecular weight is 277 g/mol. The molecule has 0 radical (unpaired) electrons. The van der Waals surface area contributed by atoms with Crippen LogP contribution in [0, 0.1) is 17.3 Å². The quantitative estimate of drug-likeness (QED) is 0.889. The van der Waals surface area contributed by atoms with Crippen molar-refractivity contribution in [1.29, 1.82) is 0 Å². The van der Waals surface area contributed by atoms with Gasteiger partial charge in [0, 0.05) is 25.0 Å². The molecule has 114 valence electrons. The van der Waals surface area contributed by atoms with Crippen LogP contribution in [0.1, 0.15) is 53.4 Å². The van der Waals surface area contributed by atoms with E-state index in [1.165, 1.54) is 32.2 Å². The van der Waals surface area contributed by atoms with Gasteiger partial charge in [-0.3, -0.25) is 0 Å². The van der Waals surface area contributed by atoms with Crippen LogP contribution in [0.15, 0.2) is 18.7 Å². The number of nitrogens with zero attached hydrogens (tertiary/aromatic N) is 2. The molecule has 0 aliphatic heterocycles. The molecule has 1 atom stereocenters. The second-order valence-corrected chi connectivity index (χ2v) is 7.65. The summed E-state index contributed by atoms with van der Waals surface area (Å²) in [4.78, 5) is 4.09. The fourth-order valence-electron chi connectivity index (χ4n) is 3.38. The van der Waals surface area contributed by atoms with Crippen LogP contribution in [-0.2, 0) is 6.54 Å². The molecule has 0 aromatic carbocycles. The lowest BCUT2D eigenvalue weighted by Gasteiger charge is -2.37. The third-order valence-electron chi connectivity index (χ3n) is 4.87. The molecular formula is C17H31N3. The summed E-state index contributed by atoms with van der Waals surface area (Å²) in [5.74, 6) is 1.79. The first kappa shape index (κ1) is 15.6. The highest BCUT2D eigenvalue weighted by Crippen LogP contribution is 2.39. The summed E-state index contributed by atoms with van der Waals surface area (Å²) < 4.78 is 2.15. The Bertz CT molecular complexity index is 369. The van der Waals surface area contributed by atoms with Crippen molar-refractivity contribution < 1.29 is 0 Å². The second-order valence-electron chi connectivity index (χ2n) is 7.65. The van der Waals surface area contributed by atoms with Gasteiger partial charge in [0.15, 0.2) is 0 Å². The van der Waals surface area contributed by atoms with Gasteiger partial charge < -0.3 is 9.88 Å². The van der Waals surface area contributed by atoms with Gasteiger partial charge in [0.25, 0.3) is 0 Å². The molecule has 1 aromatic rings. The minimum Gasteiger partial charge on any atom is -0.336 e. The second kappa shape index (κ2) is 6.75. The number of hydrogen-bond acceptors (Lipinski definition) is 2. The molecule has 1 aliphatic carbocycles. The third kappa shape index (κ3) is 4.62. The zero-order chi connectivity index (χ0) is 14.6. The number of hydrogen-bond donors (Lipinski definition) is 1. The molecule has 3 nitrogen and oxygen atoms in total. The van der Waals surface area contributed by atoms with E-state index >= 15 is 0 Å². The van der Waals surface area contributed by atoms with Gasteiger partial charge in [-0.1, -0.05) is 20.8 Å². The lowest BCUT2D eigenvalue weighted by Crippen LogP contribution is -2.36. The summed E-state index contributed by atoms with van der Waals surface area (Å²) in [7, 11) is 0. The average Bonchev–Trinajstić information content (AvgIpc) is 2.88. The van der Waals surface area contributed by atoms with Gasteiger partial charge in [0.05, 0.1) is 6.33 Å². The minimum absolute atomic E-state index is 0.493. The number of rotatable bonds is 5. The Morgan fingerprint density at radius 1 is 1.25 bits per heavy atom.